The van der Waals surface area contributed by atoms with Gasteiger partial charge in [-0.15, -0.1) is 10.2 Å². The first-order chi connectivity index (χ1) is 12.6. The Morgan fingerprint density at radius 1 is 1.22 bits per heavy atom. The Morgan fingerprint density at radius 2 is 1.96 bits per heavy atom. The van der Waals surface area contributed by atoms with Gasteiger partial charge in [-0.2, -0.15) is 13.2 Å². The fourth-order valence-electron chi connectivity index (χ4n) is 2.11. The lowest BCUT2D eigenvalue weighted by Gasteiger charge is -2.07. The van der Waals surface area contributed by atoms with Crippen molar-refractivity contribution in [3.05, 3.63) is 52.0 Å². The predicted octanol–water partition coefficient (Wildman–Crippen LogP) is 2.84. The molecule has 27 heavy (non-hydrogen) atoms. The van der Waals surface area contributed by atoms with E-state index in [9.17, 15) is 23.3 Å². The monoisotopic (exact) mass is 397 g/mol. The van der Waals surface area contributed by atoms with Crippen molar-refractivity contribution in [1.29, 1.82) is 0 Å². The molecule has 2 aromatic heterocycles. The topological polar surface area (TPSA) is 126 Å². The number of halogens is 3. The van der Waals surface area contributed by atoms with E-state index in [-0.39, 0.29) is 21.7 Å². The van der Waals surface area contributed by atoms with Crippen LogP contribution in [0.5, 0.6) is 0 Å². The highest BCUT2D eigenvalue weighted by molar-refractivity contribution is 7.99. The molecule has 2 heterocycles. The van der Waals surface area contributed by atoms with Gasteiger partial charge in [-0.3, -0.25) is 10.1 Å². The van der Waals surface area contributed by atoms with Gasteiger partial charge in [-0.1, -0.05) is 12.1 Å². The molecule has 1 aromatic carbocycles. The molecule has 0 fully saturated rings. The number of rotatable bonds is 4. The second-order valence-corrected chi connectivity index (χ2v) is 6.24. The van der Waals surface area contributed by atoms with Crippen LogP contribution in [-0.2, 0) is 6.18 Å². The van der Waals surface area contributed by atoms with Gasteiger partial charge in [0.15, 0.2) is 5.82 Å². The molecule has 0 spiro atoms. The van der Waals surface area contributed by atoms with Crippen molar-refractivity contribution in [2.24, 2.45) is 0 Å². The van der Waals surface area contributed by atoms with Gasteiger partial charge < -0.3 is 5.84 Å². The molecule has 9 nitrogen and oxygen atoms in total. The van der Waals surface area contributed by atoms with Crippen molar-refractivity contribution in [3.8, 4) is 11.4 Å². The van der Waals surface area contributed by atoms with E-state index in [0.717, 1.165) is 11.8 Å². The first-order valence-corrected chi connectivity index (χ1v) is 8.03. The number of nitrogen functional groups attached to an aromatic ring is 1. The minimum absolute atomic E-state index is 0.136. The second-order valence-electron chi connectivity index (χ2n) is 5.25. The summed E-state index contributed by atoms with van der Waals surface area (Å²) in [5, 5.41) is 17.4. The van der Waals surface area contributed by atoms with Crippen LogP contribution >= 0.6 is 11.8 Å². The fraction of sp³-hybridized carbons (Fsp3) is 0.143. The average molecular weight is 397 g/mol. The lowest BCUT2D eigenvalue weighted by atomic mass is 10.2. The van der Waals surface area contributed by atoms with Gasteiger partial charge in [-0.05, 0) is 24.8 Å². The van der Waals surface area contributed by atoms with Crippen molar-refractivity contribution < 1.29 is 18.1 Å². The maximum absolute atomic E-state index is 12.8. The molecule has 0 bridgehead atoms. The second kappa shape index (κ2) is 6.83. The number of hydrogen-bond donors (Lipinski definition) is 1. The molecular formula is C14H10F3N7O2S. The molecule has 0 aliphatic carbocycles. The molecule has 0 unspecified atom stereocenters. The summed E-state index contributed by atoms with van der Waals surface area (Å²) < 4.78 is 38.6. The zero-order valence-electron chi connectivity index (χ0n) is 13.5. The van der Waals surface area contributed by atoms with Gasteiger partial charge >= 0.3 is 6.18 Å². The first kappa shape index (κ1) is 18.6. The number of benzene rings is 1. The van der Waals surface area contributed by atoms with E-state index < -0.39 is 16.9 Å². The van der Waals surface area contributed by atoms with E-state index in [4.69, 9.17) is 5.84 Å². The minimum atomic E-state index is -4.74. The summed E-state index contributed by atoms with van der Waals surface area (Å²) in [5.41, 5.74) is 0.761. The third kappa shape index (κ3) is 3.97. The third-order valence-corrected chi connectivity index (χ3v) is 4.14. The van der Waals surface area contributed by atoms with E-state index in [1.165, 1.54) is 24.3 Å². The number of hydrogen-bond acceptors (Lipinski definition) is 8. The Labute approximate surface area is 153 Å². The SMILES string of the molecule is Cc1cc(Sc2nnc(C(F)(F)F)n2N)nc(-c2cccc([N+](=O)[O-])c2)n1. The molecular weight excluding hydrogens is 387 g/mol. The van der Waals surface area contributed by atoms with Gasteiger partial charge in [0.05, 0.1) is 4.92 Å². The minimum Gasteiger partial charge on any atom is -0.335 e. The molecule has 13 heteroatoms. The summed E-state index contributed by atoms with van der Waals surface area (Å²) >= 11 is 0.764. The van der Waals surface area contributed by atoms with E-state index >= 15 is 0 Å². The molecule has 3 aromatic rings. The lowest BCUT2D eigenvalue weighted by molar-refractivity contribution is -0.384. The lowest BCUT2D eigenvalue weighted by Crippen LogP contribution is -2.21. The van der Waals surface area contributed by atoms with Crippen LogP contribution < -0.4 is 5.84 Å². The van der Waals surface area contributed by atoms with E-state index in [2.05, 4.69) is 20.2 Å². The van der Waals surface area contributed by atoms with E-state index in [1.807, 2.05) is 0 Å². The van der Waals surface area contributed by atoms with Crippen LogP contribution in [0.1, 0.15) is 11.5 Å². The number of aromatic nitrogens is 5. The first-order valence-electron chi connectivity index (χ1n) is 7.21. The van der Waals surface area contributed by atoms with E-state index in [1.54, 1.807) is 13.0 Å². The van der Waals surface area contributed by atoms with Gasteiger partial charge in [0, 0.05) is 23.4 Å². The number of non-ortho nitro benzene ring substituents is 1. The average Bonchev–Trinajstić information content (AvgIpc) is 2.95. The van der Waals surface area contributed by atoms with Crippen molar-refractivity contribution in [1.82, 2.24) is 24.8 Å². The summed E-state index contributed by atoms with van der Waals surface area (Å²) in [6, 6.07) is 7.22. The van der Waals surface area contributed by atoms with Crippen LogP contribution in [0.15, 0.2) is 40.5 Å². The highest BCUT2D eigenvalue weighted by atomic mass is 32.2. The summed E-state index contributed by atoms with van der Waals surface area (Å²) in [6.45, 7) is 1.65. The Hall–Kier alpha value is -3.22. The van der Waals surface area contributed by atoms with Crippen molar-refractivity contribution in [3.63, 3.8) is 0 Å². The predicted molar refractivity (Wildman–Crippen MR) is 88.2 cm³/mol. The Balaban J connectivity index is 1.96. The summed E-state index contributed by atoms with van der Waals surface area (Å²) in [4.78, 5) is 18.8. The van der Waals surface area contributed by atoms with Crippen molar-refractivity contribution in [2.75, 3.05) is 5.84 Å². The zero-order chi connectivity index (χ0) is 19.8. The molecule has 0 amide bonds. The number of alkyl halides is 3. The van der Waals surface area contributed by atoms with Crippen LogP contribution in [0.3, 0.4) is 0 Å². The zero-order valence-corrected chi connectivity index (χ0v) is 14.3. The maximum atomic E-state index is 12.8. The third-order valence-electron chi connectivity index (χ3n) is 3.26. The molecule has 0 atom stereocenters. The quantitative estimate of drug-likeness (QED) is 0.308. The van der Waals surface area contributed by atoms with Crippen LogP contribution in [-0.4, -0.2) is 29.8 Å². The largest absolute Gasteiger partial charge is 0.453 e. The molecule has 0 saturated heterocycles. The summed E-state index contributed by atoms with van der Waals surface area (Å²) in [6.07, 6.45) is -4.74. The highest BCUT2D eigenvalue weighted by Crippen LogP contribution is 2.32. The van der Waals surface area contributed by atoms with Crippen LogP contribution in [0.25, 0.3) is 11.4 Å². The molecule has 140 valence electrons. The normalized spacial score (nSPS) is 11.6. The summed E-state index contributed by atoms with van der Waals surface area (Å²) in [7, 11) is 0. The molecule has 0 aliphatic rings. The van der Waals surface area contributed by atoms with E-state index in [0.29, 0.717) is 15.9 Å². The summed E-state index contributed by atoms with van der Waals surface area (Å²) in [5.74, 6) is 4.25. The maximum Gasteiger partial charge on any atom is 0.453 e. The Bertz CT molecular complexity index is 1020. The van der Waals surface area contributed by atoms with Gasteiger partial charge in [-0.25, -0.2) is 14.6 Å². The molecule has 0 saturated carbocycles. The Kier molecular flexibility index (Phi) is 4.70. The molecule has 0 aliphatic heterocycles. The number of aryl methyl sites for hydroxylation is 1. The number of nitrogens with zero attached hydrogens (tertiary/aromatic N) is 6. The molecule has 2 N–H and O–H groups in total. The Morgan fingerprint density at radius 3 is 2.59 bits per heavy atom. The van der Waals surface area contributed by atoms with Gasteiger partial charge in [0.1, 0.15) is 5.03 Å². The number of nitro benzene ring substituents is 1. The number of nitro groups is 1. The molecule has 0 radical (unpaired) electrons. The fourth-order valence-corrected chi connectivity index (χ4v) is 2.93. The smallest absolute Gasteiger partial charge is 0.335 e. The highest BCUT2D eigenvalue weighted by Gasteiger charge is 2.38. The van der Waals surface area contributed by atoms with Gasteiger partial charge in [0.2, 0.25) is 5.16 Å². The van der Waals surface area contributed by atoms with Gasteiger partial charge in [0.25, 0.3) is 11.5 Å². The van der Waals surface area contributed by atoms with Crippen molar-refractivity contribution >= 4 is 17.4 Å². The van der Waals surface area contributed by atoms with Crippen LogP contribution in [0.2, 0.25) is 0 Å². The standard InChI is InChI=1S/C14H10F3N7O2S/c1-7-5-10(27-13-22-21-12(23(13)18)14(15,16)17)20-11(19-7)8-3-2-4-9(6-8)24(25)26/h2-6H,18H2,1H3. The van der Waals surface area contributed by atoms with Crippen LogP contribution in [0.4, 0.5) is 18.9 Å². The van der Waals surface area contributed by atoms with Crippen LogP contribution in [0, 0.1) is 17.0 Å². The number of nitrogens with two attached hydrogens (primary N) is 1. The molecule has 3 rings (SSSR count). The van der Waals surface area contributed by atoms with Crippen molar-refractivity contribution in [2.45, 2.75) is 23.3 Å².